The Kier molecular flexibility index (Phi) is 3.91. The first-order chi connectivity index (χ1) is 7.81. The van der Waals surface area contributed by atoms with Gasteiger partial charge in [-0.25, -0.2) is 0 Å². The van der Waals surface area contributed by atoms with Gasteiger partial charge in [0.25, 0.3) is 0 Å². The number of aromatic nitrogens is 1. The van der Waals surface area contributed by atoms with E-state index in [-0.39, 0.29) is 12.1 Å². The van der Waals surface area contributed by atoms with Crippen molar-refractivity contribution in [3.05, 3.63) is 30.1 Å². The van der Waals surface area contributed by atoms with E-state index in [1.54, 1.807) is 6.20 Å². The lowest BCUT2D eigenvalue weighted by atomic mass is 10.0. The van der Waals surface area contributed by atoms with E-state index in [1.807, 2.05) is 12.3 Å². The van der Waals surface area contributed by atoms with Crippen LogP contribution in [0.3, 0.4) is 0 Å². The fourth-order valence-corrected chi connectivity index (χ4v) is 2.49. The number of hydrogen-bond donors (Lipinski definition) is 1. The van der Waals surface area contributed by atoms with Gasteiger partial charge in [-0.1, -0.05) is 13.0 Å². The zero-order valence-electron chi connectivity index (χ0n) is 9.84. The third-order valence-electron chi connectivity index (χ3n) is 3.30. The van der Waals surface area contributed by atoms with Crippen molar-refractivity contribution < 1.29 is 5.11 Å². The number of nitrogens with zero attached hydrogens (tertiary/aromatic N) is 2. The number of hydrogen-bond acceptors (Lipinski definition) is 3. The largest absolute Gasteiger partial charge is 0.391 e. The maximum Gasteiger partial charge on any atom is 0.0710 e. The molecule has 0 aromatic carbocycles. The summed E-state index contributed by atoms with van der Waals surface area (Å²) in [5.74, 6) is 0. The Bertz CT molecular complexity index is 313. The molecular weight excluding hydrogens is 200 g/mol. The quantitative estimate of drug-likeness (QED) is 0.834. The van der Waals surface area contributed by atoms with E-state index in [9.17, 15) is 5.11 Å². The maximum absolute atomic E-state index is 9.99. The van der Waals surface area contributed by atoms with Gasteiger partial charge < -0.3 is 5.11 Å². The van der Waals surface area contributed by atoms with Crippen molar-refractivity contribution in [2.45, 2.75) is 38.3 Å². The maximum atomic E-state index is 9.99. The standard InChI is InChI=1S/C13H20N2O/c1-2-7-15-8-5-13(16)12(15)9-11-4-3-6-14-10-11/h3-4,6,10,12-13,16H,2,5,7-9H2,1H3/t12-,13+/m0/s1. The number of rotatable bonds is 4. The highest BCUT2D eigenvalue weighted by Gasteiger charge is 2.31. The zero-order chi connectivity index (χ0) is 11.4. The SMILES string of the molecule is CCCN1CC[C@@H](O)[C@@H]1Cc1cccnc1. The summed E-state index contributed by atoms with van der Waals surface area (Å²) in [6, 6.07) is 4.33. The van der Waals surface area contributed by atoms with Crippen molar-refractivity contribution in [3.8, 4) is 0 Å². The lowest BCUT2D eigenvalue weighted by Crippen LogP contribution is -2.37. The van der Waals surface area contributed by atoms with E-state index in [0.29, 0.717) is 0 Å². The highest BCUT2D eigenvalue weighted by Crippen LogP contribution is 2.21. The van der Waals surface area contributed by atoms with Crippen LogP contribution in [-0.4, -0.2) is 40.2 Å². The van der Waals surface area contributed by atoms with Crippen LogP contribution in [0.15, 0.2) is 24.5 Å². The molecule has 3 heteroatoms. The van der Waals surface area contributed by atoms with E-state index >= 15 is 0 Å². The molecule has 1 aliphatic heterocycles. The van der Waals surface area contributed by atoms with Gasteiger partial charge in [0.2, 0.25) is 0 Å². The molecule has 1 aromatic heterocycles. The number of pyridine rings is 1. The van der Waals surface area contributed by atoms with Gasteiger partial charge in [0, 0.05) is 25.0 Å². The van der Waals surface area contributed by atoms with E-state index < -0.39 is 0 Å². The summed E-state index contributed by atoms with van der Waals surface area (Å²) in [5, 5.41) is 9.99. The minimum absolute atomic E-state index is 0.174. The second-order valence-corrected chi connectivity index (χ2v) is 4.52. The number of likely N-dealkylation sites (tertiary alicyclic amines) is 1. The first-order valence-corrected chi connectivity index (χ1v) is 6.12. The van der Waals surface area contributed by atoms with Crippen LogP contribution < -0.4 is 0 Å². The summed E-state index contributed by atoms with van der Waals surface area (Å²) in [6.45, 7) is 4.30. The fourth-order valence-electron chi connectivity index (χ4n) is 2.49. The van der Waals surface area contributed by atoms with Crippen LogP contribution in [0.4, 0.5) is 0 Å². The Morgan fingerprint density at radius 3 is 3.12 bits per heavy atom. The van der Waals surface area contributed by atoms with Crippen LogP contribution in [0, 0.1) is 0 Å². The lowest BCUT2D eigenvalue weighted by Gasteiger charge is -2.25. The molecular formula is C13H20N2O. The minimum atomic E-state index is -0.174. The Labute approximate surface area is 97.1 Å². The molecule has 16 heavy (non-hydrogen) atoms. The average molecular weight is 220 g/mol. The number of aliphatic hydroxyl groups is 1. The monoisotopic (exact) mass is 220 g/mol. The molecule has 0 spiro atoms. The lowest BCUT2D eigenvalue weighted by molar-refractivity contribution is 0.115. The molecule has 0 bridgehead atoms. The Morgan fingerprint density at radius 2 is 2.44 bits per heavy atom. The molecule has 1 aromatic rings. The molecule has 3 nitrogen and oxygen atoms in total. The van der Waals surface area contributed by atoms with Crippen LogP contribution in [0.1, 0.15) is 25.3 Å². The molecule has 1 saturated heterocycles. The predicted molar refractivity (Wildman–Crippen MR) is 64.2 cm³/mol. The van der Waals surface area contributed by atoms with E-state index in [1.165, 1.54) is 5.56 Å². The third-order valence-corrected chi connectivity index (χ3v) is 3.30. The molecule has 0 amide bonds. The van der Waals surface area contributed by atoms with Crippen LogP contribution in [0.2, 0.25) is 0 Å². The van der Waals surface area contributed by atoms with Gasteiger partial charge in [-0.15, -0.1) is 0 Å². The van der Waals surface area contributed by atoms with Crippen LogP contribution in [0.25, 0.3) is 0 Å². The summed E-state index contributed by atoms with van der Waals surface area (Å²) >= 11 is 0. The molecule has 1 N–H and O–H groups in total. The molecule has 0 unspecified atom stereocenters. The molecule has 1 fully saturated rings. The first kappa shape index (κ1) is 11.6. The number of aliphatic hydroxyl groups excluding tert-OH is 1. The molecule has 1 aliphatic rings. The molecule has 2 heterocycles. The van der Waals surface area contributed by atoms with Crippen molar-refractivity contribution >= 4 is 0 Å². The van der Waals surface area contributed by atoms with Gasteiger partial charge in [0.15, 0.2) is 0 Å². The molecule has 2 atom stereocenters. The topological polar surface area (TPSA) is 36.4 Å². The second kappa shape index (κ2) is 5.41. The molecule has 88 valence electrons. The van der Waals surface area contributed by atoms with Gasteiger partial charge in [-0.3, -0.25) is 9.88 Å². The second-order valence-electron chi connectivity index (χ2n) is 4.52. The smallest absolute Gasteiger partial charge is 0.0710 e. The highest BCUT2D eigenvalue weighted by molar-refractivity contribution is 5.11. The molecule has 0 saturated carbocycles. The van der Waals surface area contributed by atoms with Crippen molar-refractivity contribution in [1.82, 2.24) is 9.88 Å². The van der Waals surface area contributed by atoms with Gasteiger partial charge in [-0.2, -0.15) is 0 Å². The van der Waals surface area contributed by atoms with E-state index in [4.69, 9.17) is 0 Å². The molecule has 0 aliphatic carbocycles. The summed E-state index contributed by atoms with van der Waals surface area (Å²) in [7, 11) is 0. The van der Waals surface area contributed by atoms with E-state index in [2.05, 4.69) is 22.9 Å². The van der Waals surface area contributed by atoms with Gasteiger partial charge >= 0.3 is 0 Å². The first-order valence-electron chi connectivity index (χ1n) is 6.12. The third kappa shape index (κ3) is 2.60. The van der Waals surface area contributed by atoms with Crippen molar-refractivity contribution in [2.75, 3.05) is 13.1 Å². The predicted octanol–water partition coefficient (Wildman–Crippen LogP) is 1.47. The van der Waals surface area contributed by atoms with Crippen LogP contribution in [-0.2, 0) is 6.42 Å². The van der Waals surface area contributed by atoms with Gasteiger partial charge in [0.05, 0.1) is 6.10 Å². The van der Waals surface area contributed by atoms with Crippen molar-refractivity contribution in [2.24, 2.45) is 0 Å². The minimum Gasteiger partial charge on any atom is -0.391 e. The van der Waals surface area contributed by atoms with E-state index in [0.717, 1.165) is 32.4 Å². The summed E-state index contributed by atoms with van der Waals surface area (Å²) in [4.78, 5) is 6.52. The van der Waals surface area contributed by atoms with Gasteiger partial charge in [-0.05, 0) is 37.4 Å². The molecule has 0 radical (unpaired) electrons. The summed E-state index contributed by atoms with van der Waals surface area (Å²) in [6.07, 6.45) is 6.48. The summed E-state index contributed by atoms with van der Waals surface area (Å²) < 4.78 is 0. The fraction of sp³-hybridized carbons (Fsp3) is 0.615. The highest BCUT2D eigenvalue weighted by atomic mass is 16.3. The summed E-state index contributed by atoms with van der Waals surface area (Å²) in [5.41, 5.74) is 1.22. The van der Waals surface area contributed by atoms with Gasteiger partial charge in [0.1, 0.15) is 0 Å². The van der Waals surface area contributed by atoms with Crippen molar-refractivity contribution in [1.29, 1.82) is 0 Å². The van der Waals surface area contributed by atoms with Crippen molar-refractivity contribution in [3.63, 3.8) is 0 Å². The molecule has 2 rings (SSSR count). The van der Waals surface area contributed by atoms with Crippen LogP contribution >= 0.6 is 0 Å². The Balaban J connectivity index is 2.01. The average Bonchev–Trinajstić information content (AvgIpc) is 2.64. The Hall–Kier alpha value is -0.930. The van der Waals surface area contributed by atoms with Crippen LogP contribution in [0.5, 0.6) is 0 Å². The normalized spacial score (nSPS) is 26.1. The zero-order valence-corrected chi connectivity index (χ0v) is 9.84. The Morgan fingerprint density at radius 1 is 1.56 bits per heavy atom.